The molecule has 0 atom stereocenters. The van der Waals surface area contributed by atoms with Crippen LogP contribution in [0.3, 0.4) is 0 Å². The summed E-state index contributed by atoms with van der Waals surface area (Å²) in [6.07, 6.45) is 0. The molecule has 0 heterocycles. The van der Waals surface area contributed by atoms with Gasteiger partial charge in [0.1, 0.15) is 0 Å². The van der Waals surface area contributed by atoms with Crippen molar-refractivity contribution in [2.75, 3.05) is 0 Å². The first-order chi connectivity index (χ1) is 4.39. The molecule has 0 spiro atoms. The molecule has 0 aliphatic heterocycles. The fourth-order valence-electron chi connectivity index (χ4n) is 0.534. The minimum absolute atomic E-state index is 0.300. The topological polar surface area (TPSA) is 17.1 Å². The van der Waals surface area contributed by atoms with Crippen molar-refractivity contribution in [3.05, 3.63) is 35.9 Å². The Morgan fingerprint density at radius 1 is 1.11 bits per heavy atom. The van der Waals surface area contributed by atoms with E-state index < -0.39 is 0 Å². The molecule has 0 saturated heterocycles. The Hall–Kier alpha value is -0.181. The fraction of sp³-hybridized carbons (Fsp3) is 0.143. The normalized spacial score (nSPS) is 7.22. The Morgan fingerprint density at radius 3 is 1.78 bits per heavy atom. The second-order valence-corrected chi connectivity index (χ2v) is 1.65. The molecular formula is C7H8OSn. The second-order valence-electron chi connectivity index (χ2n) is 1.65. The summed E-state index contributed by atoms with van der Waals surface area (Å²) in [7, 11) is 0. The number of rotatable bonds is 0. The number of benzene rings is 1. The van der Waals surface area contributed by atoms with E-state index in [0.717, 1.165) is 0 Å². The summed E-state index contributed by atoms with van der Waals surface area (Å²) in [5, 5.41) is 0. The van der Waals surface area contributed by atoms with Crippen molar-refractivity contribution in [2.45, 2.75) is 6.92 Å². The van der Waals surface area contributed by atoms with Gasteiger partial charge in [-0.15, -0.1) is 0 Å². The molecule has 0 N–H and O–H groups in total. The second kappa shape index (κ2) is 5.95. The van der Waals surface area contributed by atoms with Gasteiger partial charge in [0.15, 0.2) is 0 Å². The van der Waals surface area contributed by atoms with Crippen molar-refractivity contribution < 1.29 is 3.08 Å². The van der Waals surface area contributed by atoms with E-state index in [0.29, 0.717) is 22.5 Å². The Bertz CT molecular complexity index is 150. The molecule has 0 unspecified atom stereocenters. The molecule has 1 aromatic carbocycles. The van der Waals surface area contributed by atoms with Gasteiger partial charge in [0.05, 0.1) is 0 Å². The molecule has 46 valence electrons. The third kappa shape index (κ3) is 4.33. The summed E-state index contributed by atoms with van der Waals surface area (Å²) in [6.45, 7) is 2.08. The first kappa shape index (κ1) is 8.82. The summed E-state index contributed by atoms with van der Waals surface area (Å²) in [5.41, 5.74) is 1.32. The quantitative estimate of drug-likeness (QED) is 0.613. The van der Waals surface area contributed by atoms with E-state index in [1.165, 1.54) is 5.56 Å². The molecule has 0 aliphatic rings. The number of hydrogen-bond donors (Lipinski definition) is 0. The van der Waals surface area contributed by atoms with Gasteiger partial charge in [0.25, 0.3) is 0 Å². The molecule has 0 aliphatic carbocycles. The number of aryl methyl sites for hydroxylation is 1. The monoisotopic (exact) mass is 228 g/mol. The van der Waals surface area contributed by atoms with Crippen LogP contribution < -0.4 is 0 Å². The molecule has 2 heteroatoms. The Labute approximate surface area is 68.6 Å². The number of hydrogen-bond acceptors (Lipinski definition) is 1. The Kier molecular flexibility index (Phi) is 5.83. The molecular weight excluding hydrogens is 219 g/mol. The molecule has 1 rings (SSSR count). The van der Waals surface area contributed by atoms with Gasteiger partial charge in [0, 0.05) is 0 Å². The van der Waals surface area contributed by atoms with Gasteiger partial charge in [-0.3, -0.25) is 0 Å². The van der Waals surface area contributed by atoms with E-state index in [4.69, 9.17) is 3.08 Å². The van der Waals surface area contributed by atoms with Gasteiger partial charge >= 0.3 is 25.6 Å². The molecule has 0 aromatic heterocycles. The van der Waals surface area contributed by atoms with Crippen LogP contribution in [-0.2, 0) is 3.08 Å². The van der Waals surface area contributed by atoms with Crippen molar-refractivity contribution in [1.82, 2.24) is 0 Å². The van der Waals surface area contributed by atoms with Crippen molar-refractivity contribution in [3.8, 4) is 0 Å². The SMILES string of the molecule is Cc1ccccc1.[O]=[Sn]. The van der Waals surface area contributed by atoms with Crippen LogP contribution in [0.2, 0.25) is 0 Å². The van der Waals surface area contributed by atoms with Crippen LogP contribution in [0, 0.1) is 6.92 Å². The van der Waals surface area contributed by atoms with E-state index in [1.54, 1.807) is 0 Å². The summed E-state index contributed by atoms with van der Waals surface area (Å²) < 4.78 is 8.34. The van der Waals surface area contributed by atoms with Crippen LogP contribution in [0.1, 0.15) is 5.56 Å². The molecule has 0 amide bonds. The Morgan fingerprint density at radius 2 is 1.56 bits per heavy atom. The molecule has 0 saturated carbocycles. The maximum atomic E-state index is 8.34. The first-order valence-corrected chi connectivity index (χ1v) is 3.78. The molecule has 1 aromatic rings. The van der Waals surface area contributed by atoms with Crippen LogP contribution in [0.5, 0.6) is 0 Å². The molecule has 9 heavy (non-hydrogen) atoms. The van der Waals surface area contributed by atoms with Gasteiger partial charge in [-0.2, -0.15) is 0 Å². The zero-order valence-electron chi connectivity index (χ0n) is 5.29. The van der Waals surface area contributed by atoms with Gasteiger partial charge in [-0.05, 0) is 6.92 Å². The maximum absolute atomic E-state index is 8.34. The fourth-order valence-corrected chi connectivity index (χ4v) is 0.534. The third-order valence-corrected chi connectivity index (χ3v) is 0.940. The van der Waals surface area contributed by atoms with Gasteiger partial charge < -0.3 is 0 Å². The molecule has 0 bridgehead atoms. The molecule has 2 radical (unpaired) electrons. The summed E-state index contributed by atoms with van der Waals surface area (Å²) >= 11 is 0.300. The van der Waals surface area contributed by atoms with E-state index >= 15 is 0 Å². The van der Waals surface area contributed by atoms with Crippen LogP contribution >= 0.6 is 0 Å². The van der Waals surface area contributed by atoms with Crippen LogP contribution in [-0.4, -0.2) is 22.5 Å². The van der Waals surface area contributed by atoms with E-state index in [2.05, 4.69) is 19.1 Å². The average Bonchev–Trinajstić information content (AvgIpc) is 1.94. The average molecular weight is 227 g/mol. The van der Waals surface area contributed by atoms with Gasteiger partial charge in [-0.1, -0.05) is 35.9 Å². The van der Waals surface area contributed by atoms with E-state index in [-0.39, 0.29) is 0 Å². The molecule has 1 nitrogen and oxygen atoms in total. The van der Waals surface area contributed by atoms with Crippen molar-refractivity contribution >= 4 is 22.5 Å². The van der Waals surface area contributed by atoms with Gasteiger partial charge in [-0.25, -0.2) is 0 Å². The van der Waals surface area contributed by atoms with E-state index in [9.17, 15) is 0 Å². The Balaban J connectivity index is 0.000000291. The third-order valence-electron chi connectivity index (χ3n) is 0.940. The summed E-state index contributed by atoms with van der Waals surface area (Å²) in [6, 6.07) is 10.3. The standard InChI is InChI=1S/C7H8.O.Sn/c1-7-5-3-2-4-6-7;;/h2-6H,1H3;;. The van der Waals surface area contributed by atoms with Crippen LogP contribution in [0.25, 0.3) is 0 Å². The van der Waals surface area contributed by atoms with Crippen molar-refractivity contribution in [3.63, 3.8) is 0 Å². The van der Waals surface area contributed by atoms with Crippen molar-refractivity contribution in [1.29, 1.82) is 0 Å². The minimum atomic E-state index is 0.300. The summed E-state index contributed by atoms with van der Waals surface area (Å²) in [5.74, 6) is 0. The predicted octanol–water partition coefficient (Wildman–Crippen LogP) is 1.50. The zero-order valence-corrected chi connectivity index (χ0v) is 8.15. The first-order valence-electron chi connectivity index (χ1n) is 2.61. The zero-order chi connectivity index (χ0) is 7.11. The van der Waals surface area contributed by atoms with Gasteiger partial charge in [0.2, 0.25) is 0 Å². The van der Waals surface area contributed by atoms with Crippen molar-refractivity contribution in [2.24, 2.45) is 0 Å². The van der Waals surface area contributed by atoms with E-state index in [1.807, 2.05) is 18.2 Å². The molecule has 0 fully saturated rings. The van der Waals surface area contributed by atoms with Crippen LogP contribution in [0.4, 0.5) is 0 Å². The van der Waals surface area contributed by atoms with Crippen LogP contribution in [0.15, 0.2) is 30.3 Å². The predicted molar refractivity (Wildman–Crippen MR) is 37.6 cm³/mol. The summed E-state index contributed by atoms with van der Waals surface area (Å²) in [4.78, 5) is 0.